The van der Waals surface area contributed by atoms with Gasteiger partial charge in [0.25, 0.3) is 0 Å². The SMILES string of the molecule is COC(CN(C)N=O)c1ccc2ccccc2c1. The van der Waals surface area contributed by atoms with Crippen molar-refractivity contribution < 1.29 is 4.74 Å². The van der Waals surface area contributed by atoms with Gasteiger partial charge in [0.15, 0.2) is 0 Å². The first-order valence-corrected chi connectivity index (χ1v) is 5.80. The number of rotatable bonds is 5. The Kier molecular flexibility index (Phi) is 3.89. The Morgan fingerprint density at radius 2 is 1.94 bits per heavy atom. The molecule has 1 atom stereocenters. The molecule has 0 N–H and O–H groups in total. The van der Waals surface area contributed by atoms with Gasteiger partial charge < -0.3 is 4.74 Å². The first kappa shape index (κ1) is 12.5. The van der Waals surface area contributed by atoms with Crippen LogP contribution >= 0.6 is 0 Å². The van der Waals surface area contributed by atoms with Gasteiger partial charge in [-0.25, -0.2) is 0 Å². The van der Waals surface area contributed by atoms with Crippen LogP contribution in [0.1, 0.15) is 11.7 Å². The second-order valence-corrected chi connectivity index (χ2v) is 4.25. The maximum Gasteiger partial charge on any atom is 0.101 e. The third kappa shape index (κ3) is 2.65. The number of likely N-dealkylation sites (N-methyl/N-ethyl adjacent to an activating group) is 1. The minimum atomic E-state index is -0.155. The minimum absolute atomic E-state index is 0.155. The minimum Gasteiger partial charge on any atom is -0.375 e. The lowest BCUT2D eigenvalue weighted by Gasteiger charge is -2.19. The summed E-state index contributed by atoms with van der Waals surface area (Å²) in [6.07, 6.45) is -0.155. The van der Waals surface area contributed by atoms with E-state index in [-0.39, 0.29) is 6.10 Å². The van der Waals surface area contributed by atoms with Gasteiger partial charge in [0.05, 0.1) is 11.8 Å². The Hall–Kier alpha value is -1.94. The van der Waals surface area contributed by atoms with Crippen LogP contribution in [0.25, 0.3) is 10.8 Å². The number of methoxy groups -OCH3 is 1. The van der Waals surface area contributed by atoms with Crippen molar-refractivity contribution in [2.45, 2.75) is 6.10 Å². The zero-order chi connectivity index (χ0) is 13.0. The first-order chi connectivity index (χ1) is 8.74. The third-order valence-electron chi connectivity index (χ3n) is 3.00. The number of hydrogen-bond acceptors (Lipinski definition) is 3. The molecule has 0 amide bonds. The summed E-state index contributed by atoms with van der Waals surface area (Å²) in [5.74, 6) is 0. The molecule has 18 heavy (non-hydrogen) atoms. The topological polar surface area (TPSA) is 41.9 Å². The highest BCUT2D eigenvalue weighted by Crippen LogP contribution is 2.23. The Morgan fingerprint density at radius 1 is 1.22 bits per heavy atom. The van der Waals surface area contributed by atoms with Crippen LogP contribution in [0, 0.1) is 4.91 Å². The van der Waals surface area contributed by atoms with Gasteiger partial charge in [0, 0.05) is 14.2 Å². The predicted molar refractivity (Wildman–Crippen MR) is 72.1 cm³/mol. The van der Waals surface area contributed by atoms with Crippen LogP contribution in [0.4, 0.5) is 0 Å². The molecule has 0 bridgehead atoms. The molecule has 2 aromatic rings. The summed E-state index contributed by atoms with van der Waals surface area (Å²) >= 11 is 0. The monoisotopic (exact) mass is 244 g/mol. The zero-order valence-electron chi connectivity index (χ0n) is 10.5. The van der Waals surface area contributed by atoms with Crippen molar-refractivity contribution >= 4 is 10.8 Å². The lowest BCUT2D eigenvalue weighted by atomic mass is 10.0. The molecule has 0 saturated carbocycles. The van der Waals surface area contributed by atoms with Gasteiger partial charge in [-0.05, 0) is 22.4 Å². The third-order valence-corrected chi connectivity index (χ3v) is 3.00. The van der Waals surface area contributed by atoms with Crippen LogP contribution in [0.3, 0.4) is 0 Å². The molecule has 0 saturated heterocycles. The van der Waals surface area contributed by atoms with Gasteiger partial charge in [-0.15, -0.1) is 4.91 Å². The smallest absolute Gasteiger partial charge is 0.101 e. The van der Waals surface area contributed by atoms with Gasteiger partial charge in [-0.3, -0.25) is 5.01 Å². The van der Waals surface area contributed by atoms with Crippen LogP contribution in [0.15, 0.2) is 47.8 Å². The second-order valence-electron chi connectivity index (χ2n) is 4.25. The molecular formula is C14H16N2O2. The maximum absolute atomic E-state index is 10.4. The van der Waals surface area contributed by atoms with E-state index >= 15 is 0 Å². The molecule has 2 aromatic carbocycles. The summed E-state index contributed by atoms with van der Waals surface area (Å²) in [4.78, 5) is 10.4. The van der Waals surface area contributed by atoms with Gasteiger partial charge >= 0.3 is 0 Å². The van der Waals surface area contributed by atoms with Crippen molar-refractivity contribution in [3.05, 3.63) is 52.9 Å². The van der Waals surface area contributed by atoms with E-state index in [0.29, 0.717) is 6.54 Å². The normalized spacial score (nSPS) is 12.3. The first-order valence-electron chi connectivity index (χ1n) is 5.80. The number of nitrogens with zero attached hydrogens (tertiary/aromatic N) is 2. The highest BCUT2D eigenvalue weighted by Gasteiger charge is 2.13. The van der Waals surface area contributed by atoms with Crippen LogP contribution in [0.2, 0.25) is 0 Å². The van der Waals surface area contributed by atoms with Crippen molar-refractivity contribution in [1.82, 2.24) is 5.01 Å². The fraction of sp³-hybridized carbons (Fsp3) is 0.286. The molecule has 0 spiro atoms. The molecule has 0 aliphatic carbocycles. The standard InChI is InChI=1S/C14H16N2O2/c1-16(15-17)10-14(18-2)13-8-7-11-5-3-4-6-12(11)9-13/h3-9,14H,10H2,1-2H3. The number of benzene rings is 2. The van der Waals surface area contributed by atoms with E-state index in [1.807, 2.05) is 18.2 Å². The fourth-order valence-electron chi connectivity index (χ4n) is 2.00. The average Bonchev–Trinajstić information content (AvgIpc) is 2.44. The molecule has 0 aliphatic rings. The molecular weight excluding hydrogens is 228 g/mol. The van der Waals surface area contributed by atoms with Gasteiger partial charge in [0.2, 0.25) is 0 Å². The van der Waals surface area contributed by atoms with E-state index in [2.05, 4.69) is 29.6 Å². The lowest BCUT2D eigenvalue weighted by Crippen LogP contribution is -2.20. The van der Waals surface area contributed by atoms with Crippen LogP contribution in [-0.2, 0) is 4.74 Å². The quantitative estimate of drug-likeness (QED) is 0.599. The van der Waals surface area contributed by atoms with E-state index in [9.17, 15) is 4.91 Å². The van der Waals surface area contributed by atoms with E-state index in [1.165, 1.54) is 15.8 Å². The van der Waals surface area contributed by atoms with Gasteiger partial charge in [-0.1, -0.05) is 36.4 Å². The summed E-state index contributed by atoms with van der Waals surface area (Å²) in [5, 5.41) is 6.56. The molecule has 4 heteroatoms. The van der Waals surface area contributed by atoms with Crippen molar-refractivity contribution in [3.63, 3.8) is 0 Å². The highest BCUT2D eigenvalue weighted by atomic mass is 16.5. The number of hydrogen-bond donors (Lipinski definition) is 0. The summed E-state index contributed by atoms with van der Waals surface area (Å²) in [6, 6.07) is 14.3. The van der Waals surface area contributed by atoms with Crippen LogP contribution in [-0.4, -0.2) is 25.7 Å². The van der Waals surface area contributed by atoms with Crippen LogP contribution in [0.5, 0.6) is 0 Å². The van der Waals surface area contributed by atoms with Crippen molar-refractivity contribution in [1.29, 1.82) is 0 Å². The van der Waals surface area contributed by atoms with Crippen LogP contribution < -0.4 is 0 Å². The molecule has 0 heterocycles. The van der Waals surface area contributed by atoms with E-state index in [4.69, 9.17) is 4.74 Å². The van der Waals surface area contributed by atoms with Gasteiger partial charge in [0.1, 0.15) is 6.10 Å². The number of nitroso groups, excluding NO2 is 1. The fourth-order valence-corrected chi connectivity index (χ4v) is 2.00. The Balaban J connectivity index is 2.30. The average molecular weight is 244 g/mol. The molecule has 2 rings (SSSR count). The second kappa shape index (κ2) is 5.60. The van der Waals surface area contributed by atoms with E-state index in [1.54, 1.807) is 14.2 Å². The van der Waals surface area contributed by atoms with Crippen molar-refractivity contribution in [2.75, 3.05) is 20.7 Å². The Morgan fingerprint density at radius 3 is 2.61 bits per heavy atom. The van der Waals surface area contributed by atoms with E-state index in [0.717, 1.165) is 5.56 Å². The maximum atomic E-state index is 10.4. The summed E-state index contributed by atoms with van der Waals surface area (Å²) in [7, 11) is 3.28. The Bertz CT molecular complexity index is 542. The van der Waals surface area contributed by atoms with Gasteiger partial charge in [-0.2, -0.15) is 0 Å². The molecule has 0 aliphatic heterocycles. The zero-order valence-corrected chi connectivity index (χ0v) is 10.5. The lowest BCUT2D eigenvalue weighted by molar-refractivity contribution is 0.0721. The van der Waals surface area contributed by atoms with Crippen molar-refractivity contribution in [2.24, 2.45) is 5.29 Å². The molecule has 94 valence electrons. The number of ether oxygens (including phenoxy) is 1. The summed E-state index contributed by atoms with van der Waals surface area (Å²) < 4.78 is 5.42. The largest absolute Gasteiger partial charge is 0.375 e. The van der Waals surface area contributed by atoms with Crippen molar-refractivity contribution in [3.8, 4) is 0 Å². The Labute approximate surface area is 106 Å². The highest BCUT2D eigenvalue weighted by molar-refractivity contribution is 5.83. The molecule has 0 aromatic heterocycles. The molecule has 0 radical (unpaired) electrons. The summed E-state index contributed by atoms with van der Waals surface area (Å²) in [5.41, 5.74) is 1.05. The predicted octanol–water partition coefficient (Wildman–Crippen LogP) is 3.14. The molecule has 1 unspecified atom stereocenters. The molecule has 4 nitrogen and oxygen atoms in total. The summed E-state index contributed by atoms with van der Waals surface area (Å²) in [6.45, 7) is 0.443. The molecule has 0 fully saturated rings. The number of fused-ring (bicyclic) bond motifs is 1. The van der Waals surface area contributed by atoms with E-state index < -0.39 is 0 Å².